The van der Waals surface area contributed by atoms with E-state index in [0.29, 0.717) is 25.5 Å². The molecule has 0 spiro atoms. The summed E-state index contributed by atoms with van der Waals surface area (Å²) in [4.78, 5) is 26.2. The van der Waals surface area contributed by atoms with Gasteiger partial charge in [-0.3, -0.25) is 14.5 Å². The summed E-state index contributed by atoms with van der Waals surface area (Å²) in [5, 5.41) is 14.0. The molecule has 1 N–H and O–H groups in total. The van der Waals surface area contributed by atoms with E-state index in [2.05, 4.69) is 4.90 Å². The molecule has 1 aliphatic heterocycles. The molecule has 0 aliphatic carbocycles. The van der Waals surface area contributed by atoms with E-state index >= 15 is 0 Å². The van der Waals surface area contributed by atoms with Crippen molar-refractivity contribution >= 4 is 17.3 Å². The fourth-order valence-electron chi connectivity index (χ4n) is 2.93. The first kappa shape index (κ1) is 18.6. The van der Waals surface area contributed by atoms with Gasteiger partial charge >= 0.3 is 5.97 Å². The molecule has 0 aromatic carbocycles. The Kier molecular flexibility index (Phi) is 6.08. The van der Waals surface area contributed by atoms with Crippen LogP contribution in [-0.4, -0.2) is 49.4 Å². The highest BCUT2D eigenvalue weighted by molar-refractivity contribution is 7.08. The summed E-state index contributed by atoms with van der Waals surface area (Å²) in [6, 6.07) is 3.14. The van der Waals surface area contributed by atoms with Gasteiger partial charge in [-0.15, -0.1) is 0 Å². The van der Waals surface area contributed by atoms with Crippen molar-refractivity contribution in [2.24, 2.45) is 0 Å². The number of nitrogens with zero attached hydrogens (tertiary/aromatic N) is 1. The van der Waals surface area contributed by atoms with Gasteiger partial charge in [0, 0.05) is 19.2 Å². The molecule has 140 valence electrons. The van der Waals surface area contributed by atoms with Crippen LogP contribution in [-0.2, 0) is 20.8 Å². The molecule has 0 unspecified atom stereocenters. The molecule has 1 saturated heterocycles. The summed E-state index contributed by atoms with van der Waals surface area (Å²) in [6.45, 7) is 3.20. The fraction of sp³-hybridized carbons (Fsp3) is 0.444. The number of carbonyl (C=O) groups is 1. The van der Waals surface area contributed by atoms with Crippen LogP contribution in [0.2, 0.25) is 0 Å². The van der Waals surface area contributed by atoms with E-state index in [-0.39, 0.29) is 12.2 Å². The second kappa shape index (κ2) is 8.48. The van der Waals surface area contributed by atoms with E-state index in [1.165, 1.54) is 24.5 Å². The topological polar surface area (TPSA) is 89.2 Å². The van der Waals surface area contributed by atoms with Crippen LogP contribution in [0.15, 0.2) is 32.1 Å². The largest absolute Gasteiger partial charge is 0.502 e. The Bertz CT molecular complexity index is 795. The van der Waals surface area contributed by atoms with E-state index in [9.17, 15) is 14.7 Å². The second-order valence-corrected chi connectivity index (χ2v) is 6.85. The van der Waals surface area contributed by atoms with Gasteiger partial charge in [-0.25, -0.2) is 0 Å². The summed E-state index contributed by atoms with van der Waals surface area (Å²) in [7, 11) is 1.30. The van der Waals surface area contributed by atoms with Crippen LogP contribution in [0, 0.1) is 0 Å². The highest BCUT2D eigenvalue weighted by Crippen LogP contribution is 2.34. The third-order valence-corrected chi connectivity index (χ3v) is 5.05. The van der Waals surface area contributed by atoms with Gasteiger partial charge in [0.25, 0.3) is 0 Å². The molecule has 26 heavy (non-hydrogen) atoms. The molecule has 1 aliphatic rings. The SMILES string of the molecule is COC(=O)C[C@H](c1ccsc1)c1oc(CN2CCOCC2)cc(=O)c1O. The Labute approximate surface area is 154 Å². The first-order chi connectivity index (χ1) is 12.6. The monoisotopic (exact) mass is 379 g/mol. The van der Waals surface area contributed by atoms with E-state index in [4.69, 9.17) is 13.9 Å². The van der Waals surface area contributed by atoms with Crippen molar-refractivity contribution in [3.8, 4) is 5.75 Å². The van der Waals surface area contributed by atoms with Gasteiger partial charge < -0.3 is 19.0 Å². The smallest absolute Gasteiger partial charge is 0.306 e. The fourth-order valence-corrected chi connectivity index (χ4v) is 3.65. The molecule has 1 fully saturated rings. The molecule has 2 aromatic heterocycles. The number of hydrogen-bond acceptors (Lipinski definition) is 8. The van der Waals surface area contributed by atoms with Gasteiger partial charge in [0.05, 0.1) is 39.2 Å². The lowest BCUT2D eigenvalue weighted by Crippen LogP contribution is -2.35. The van der Waals surface area contributed by atoms with Crippen molar-refractivity contribution in [3.05, 3.63) is 50.2 Å². The summed E-state index contributed by atoms with van der Waals surface area (Å²) in [5.74, 6) is -0.928. The Hall–Kier alpha value is -2.16. The number of methoxy groups -OCH3 is 1. The minimum absolute atomic E-state index is 0.0231. The number of carbonyl (C=O) groups excluding carboxylic acids is 1. The summed E-state index contributed by atoms with van der Waals surface area (Å²) in [5.41, 5.74) is 0.280. The Morgan fingerprint density at radius 2 is 2.19 bits per heavy atom. The van der Waals surface area contributed by atoms with Gasteiger partial charge in [0.2, 0.25) is 11.2 Å². The van der Waals surface area contributed by atoms with Crippen LogP contribution in [0.5, 0.6) is 5.75 Å². The van der Waals surface area contributed by atoms with E-state index < -0.39 is 23.1 Å². The lowest BCUT2D eigenvalue weighted by Gasteiger charge is -2.26. The van der Waals surface area contributed by atoms with Crippen molar-refractivity contribution in [1.82, 2.24) is 4.90 Å². The summed E-state index contributed by atoms with van der Waals surface area (Å²) >= 11 is 1.46. The third-order valence-electron chi connectivity index (χ3n) is 4.34. The highest BCUT2D eigenvalue weighted by Gasteiger charge is 2.27. The van der Waals surface area contributed by atoms with Gasteiger partial charge in [0.1, 0.15) is 5.76 Å². The molecular formula is C18H21NO6S. The Balaban J connectivity index is 1.94. The molecule has 2 aromatic rings. The molecule has 0 amide bonds. The minimum Gasteiger partial charge on any atom is -0.502 e. The van der Waals surface area contributed by atoms with Crippen LogP contribution < -0.4 is 5.43 Å². The second-order valence-electron chi connectivity index (χ2n) is 6.07. The number of ether oxygens (including phenoxy) is 2. The Morgan fingerprint density at radius 3 is 2.85 bits per heavy atom. The molecule has 0 radical (unpaired) electrons. The first-order valence-electron chi connectivity index (χ1n) is 8.33. The van der Waals surface area contributed by atoms with Gasteiger partial charge in [0.15, 0.2) is 5.76 Å². The predicted octanol–water partition coefficient (Wildman–Crippen LogP) is 1.93. The molecule has 7 nitrogen and oxygen atoms in total. The molecule has 1 atom stereocenters. The van der Waals surface area contributed by atoms with E-state index in [0.717, 1.165) is 18.7 Å². The predicted molar refractivity (Wildman–Crippen MR) is 95.5 cm³/mol. The average molecular weight is 379 g/mol. The average Bonchev–Trinajstić information content (AvgIpc) is 3.18. The van der Waals surface area contributed by atoms with E-state index in [1.807, 2.05) is 16.8 Å². The van der Waals surface area contributed by atoms with Crippen LogP contribution >= 0.6 is 11.3 Å². The van der Waals surface area contributed by atoms with Crippen molar-refractivity contribution < 1.29 is 23.8 Å². The number of hydrogen-bond donors (Lipinski definition) is 1. The summed E-state index contributed by atoms with van der Waals surface area (Å²) < 4.78 is 16.0. The quantitative estimate of drug-likeness (QED) is 0.767. The molecule has 8 heteroatoms. The zero-order valence-electron chi connectivity index (χ0n) is 14.5. The molecule has 3 heterocycles. The zero-order valence-corrected chi connectivity index (χ0v) is 15.3. The van der Waals surface area contributed by atoms with Gasteiger partial charge in [-0.2, -0.15) is 11.3 Å². The van der Waals surface area contributed by atoms with Crippen molar-refractivity contribution in [1.29, 1.82) is 0 Å². The number of esters is 1. The molecule has 0 bridgehead atoms. The number of aromatic hydroxyl groups is 1. The normalized spacial score (nSPS) is 16.3. The standard InChI is InChI=1S/C18H21NO6S/c1-23-16(21)9-14(12-2-7-26-11-12)18-17(22)15(20)8-13(25-18)10-19-3-5-24-6-4-19/h2,7-8,11,14,22H,3-6,9-10H2,1H3/t14-/m1/s1. The maximum Gasteiger partial charge on any atom is 0.306 e. The minimum atomic E-state index is -0.578. The van der Waals surface area contributed by atoms with Crippen molar-refractivity contribution in [2.75, 3.05) is 33.4 Å². The summed E-state index contributed by atoms with van der Waals surface area (Å²) in [6.07, 6.45) is -0.0231. The maximum absolute atomic E-state index is 12.3. The lowest BCUT2D eigenvalue weighted by molar-refractivity contribution is -0.140. The van der Waals surface area contributed by atoms with Crippen molar-refractivity contribution in [2.45, 2.75) is 18.9 Å². The number of rotatable bonds is 6. The third kappa shape index (κ3) is 4.32. The maximum atomic E-state index is 12.3. The van der Waals surface area contributed by atoms with Crippen LogP contribution in [0.4, 0.5) is 0 Å². The first-order valence-corrected chi connectivity index (χ1v) is 9.27. The molecule has 0 saturated carbocycles. The van der Waals surface area contributed by atoms with Gasteiger partial charge in [-0.05, 0) is 22.4 Å². The van der Waals surface area contributed by atoms with Crippen molar-refractivity contribution in [3.63, 3.8) is 0 Å². The van der Waals surface area contributed by atoms with Crippen LogP contribution in [0.25, 0.3) is 0 Å². The van der Waals surface area contributed by atoms with Gasteiger partial charge in [-0.1, -0.05) is 0 Å². The molecular weight excluding hydrogens is 358 g/mol. The number of morpholine rings is 1. The van der Waals surface area contributed by atoms with E-state index in [1.54, 1.807) is 0 Å². The molecule has 3 rings (SSSR count). The zero-order chi connectivity index (χ0) is 18.5. The van der Waals surface area contributed by atoms with Crippen LogP contribution in [0.3, 0.4) is 0 Å². The number of thiophene rings is 1. The highest BCUT2D eigenvalue weighted by atomic mass is 32.1. The van der Waals surface area contributed by atoms with Crippen LogP contribution in [0.1, 0.15) is 29.4 Å². The Morgan fingerprint density at radius 1 is 1.42 bits per heavy atom. The lowest BCUT2D eigenvalue weighted by atomic mass is 9.94.